The van der Waals surface area contributed by atoms with Crippen LogP contribution < -0.4 is 10.4 Å². The summed E-state index contributed by atoms with van der Waals surface area (Å²) in [6.45, 7) is 11.1. The van der Waals surface area contributed by atoms with Crippen molar-refractivity contribution in [3.63, 3.8) is 0 Å². The molecule has 1 saturated heterocycles. The van der Waals surface area contributed by atoms with E-state index in [-0.39, 0.29) is 17.1 Å². The standard InChI is InChI=1S/C25H32BNO3/c1-16-21(26-29-24(2,3)25(4,5)30-26)7-6-8-22(16)27-14-13-19-15-18(17-9-10-17)11-12-20(19)23(27)28/h6-8,15,17H,9-14H2,1-5H3. The van der Waals surface area contributed by atoms with E-state index >= 15 is 0 Å². The van der Waals surface area contributed by atoms with Crippen LogP contribution in [0.15, 0.2) is 41.0 Å². The van der Waals surface area contributed by atoms with Gasteiger partial charge in [-0.05, 0) is 95.3 Å². The topological polar surface area (TPSA) is 38.8 Å². The number of anilines is 1. The van der Waals surface area contributed by atoms with Gasteiger partial charge in [0.15, 0.2) is 0 Å². The van der Waals surface area contributed by atoms with Gasteiger partial charge in [-0.3, -0.25) is 4.79 Å². The van der Waals surface area contributed by atoms with Crippen molar-refractivity contribution in [2.24, 2.45) is 5.92 Å². The normalized spacial score (nSPS) is 25.5. The Morgan fingerprint density at radius 2 is 1.73 bits per heavy atom. The molecule has 2 fully saturated rings. The third-order valence-electron chi connectivity index (χ3n) is 7.77. The number of hydrogen-bond acceptors (Lipinski definition) is 3. The van der Waals surface area contributed by atoms with Crippen LogP contribution in [0.5, 0.6) is 0 Å². The molecule has 1 saturated carbocycles. The van der Waals surface area contributed by atoms with Gasteiger partial charge in [0.2, 0.25) is 0 Å². The van der Waals surface area contributed by atoms with Crippen LogP contribution in [0.2, 0.25) is 0 Å². The van der Waals surface area contributed by atoms with Crippen LogP contribution in [-0.4, -0.2) is 30.8 Å². The maximum atomic E-state index is 13.4. The second-order valence-electron chi connectivity index (χ2n) is 10.3. The number of nitrogens with zero attached hydrogens (tertiary/aromatic N) is 1. The zero-order valence-corrected chi connectivity index (χ0v) is 18.9. The quantitative estimate of drug-likeness (QED) is 0.698. The fourth-order valence-corrected chi connectivity index (χ4v) is 4.94. The molecule has 0 spiro atoms. The average molecular weight is 405 g/mol. The predicted molar refractivity (Wildman–Crippen MR) is 121 cm³/mol. The van der Waals surface area contributed by atoms with Gasteiger partial charge in [-0.2, -0.15) is 0 Å². The second kappa shape index (κ2) is 6.83. The summed E-state index contributed by atoms with van der Waals surface area (Å²) in [5, 5.41) is 0. The Balaban J connectivity index is 1.44. The van der Waals surface area contributed by atoms with Gasteiger partial charge in [-0.25, -0.2) is 0 Å². The Morgan fingerprint density at radius 3 is 2.40 bits per heavy atom. The van der Waals surface area contributed by atoms with Crippen molar-refractivity contribution in [3.8, 4) is 0 Å². The highest BCUT2D eigenvalue weighted by Crippen LogP contribution is 2.44. The predicted octanol–water partition coefficient (Wildman–Crippen LogP) is 4.46. The first-order valence-electron chi connectivity index (χ1n) is 11.4. The first-order chi connectivity index (χ1) is 14.2. The monoisotopic (exact) mass is 405 g/mol. The summed E-state index contributed by atoms with van der Waals surface area (Å²) in [5.74, 6) is 0.975. The van der Waals surface area contributed by atoms with Crippen LogP contribution in [0, 0.1) is 12.8 Å². The molecule has 2 aliphatic carbocycles. The minimum atomic E-state index is -0.414. The largest absolute Gasteiger partial charge is 0.495 e. The molecule has 30 heavy (non-hydrogen) atoms. The lowest BCUT2D eigenvalue weighted by molar-refractivity contribution is -0.115. The molecule has 0 unspecified atom stereocenters. The smallest absolute Gasteiger partial charge is 0.399 e. The van der Waals surface area contributed by atoms with Gasteiger partial charge < -0.3 is 14.2 Å². The van der Waals surface area contributed by atoms with Crippen molar-refractivity contribution in [2.75, 3.05) is 11.4 Å². The van der Waals surface area contributed by atoms with Gasteiger partial charge in [0.1, 0.15) is 0 Å². The van der Waals surface area contributed by atoms with Crippen molar-refractivity contribution >= 4 is 24.2 Å². The van der Waals surface area contributed by atoms with Crippen LogP contribution in [0.1, 0.15) is 65.4 Å². The maximum absolute atomic E-state index is 13.4. The number of allylic oxidation sites excluding steroid dienone is 2. The molecule has 5 heteroatoms. The van der Waals surface area contributed by atoms with E-state index in [0.29, 0.717) is 0 Å². The van der Waals surface area contributed by atoms with E-state index in [2.05, 4.69) is 52.8 Å². The first kappa shape index (κ1) is 20.1. The Morgan fingerprint density at radius 1 is 1.03 bits per heavy atom. The zero-order chi connectivity index (χ0) is 21.3. The summed E-state index contributed by atoms with van der Waals surface area (Å²) in [6.07, 6.45) is 7.90. The number of amides is 1. The molecule has 0 N–H and O–H groups in total. The molecule has 1 aromatic carbocycles. The lowest BCUT2D eigenvalue weighted by atomic mass is 9.75. The highest BCUT2D eigenvalue weighted by Gasteiger charge is 2.52. The minimum absolute atomic E-state index is 0.177. The molecular weight excluding hydrogens is 373 g/mol. The number of carbonyl (C=O) groups is 1. The van der Waals surface area contributed by atoms with Gasteiger partial charge >= 0.3 is 7.12 Å². The van der Waals surface area contributed by atoms with Crippen LogP contribution in [0.3, 0.4) is 0 Å². The summed E-state index contributed by atoms with van der Waals surface area (Å²) >= 11 is 0. The van der Waals surface area contributed by atoms with Crippen LogP contribution >= 0.6 is 0 Å². The van der Waals surface area contributed by atoms with Gasteiger partial charge in [-0.1, -0.05) is 23.8 Å². The molecular formula is C25H32BNO3. The third kappa shape index (κ3) is 3.18. The van der Waals surface area contributed by atoms with Crippen molar-refractivity contribution in [1.82, 2.24) is 0 Å². The molecule has 0 radical (unpaired) electrons. The Labute approximate surface area is 180 Å². The van der Waals surface area contributed by atoms with E-state index < -0.39 is 7.12 Å². The summed E-state index contributed by atoms with van der Waals surface area (Å²) < 4.78 is 12.6. The van der Waals surface area contributed by atoms with E-state index in [4.69, 9.17) is 9.31 Å². The van der Waals surface area contributed by atoms with E-state index in [1.54, 1.807) is 5.57 Å². The first-order valence-corrected chi connectivity index (χ1v) is 11.4. The maximum Gasteiger partial charge on any atom is 0.495 e. The molecule has 158 valence electrons. The Hall–Kier alpha value is -1.85. The summed E-state index contributed by atoms with van der Waals surface area (Å²) in [5.41, 5.74) is 6.18. The SMILES string of the molecule is Cc1c(B2OC(C)(C)C(C)(C)O2)cccc1N1CCC2=C(CCC(C3CC3)=C2)C1=O. The lowest BCUT2D eigenvalue weighted by Gasteiger charge is -2.33. The number of hydrogen-bond donors (Lipinski definition) is 0. The number of rotatable bonds is 3. The lowest BCUT2D eigenvalue weighted by Crippen LogP contribution is -2.41. The van der Waals surface area contributed by atoms with Crippen LogP contribution in [0.25, 0.3) is 0 Å². The van der Waals surface area contributed by atoms with Gasteiger partial charge in [0.25, 0.3) is 5.91 Å². The number of benzene rings is 1. The average Bonchev–Trinajstić information content (AvgIpc) is 3.50. The molecule has 0 atom stereocenters. The summed E-state index contributed by atoms with van der Waals surface area (Å²) in [7, 11) is -0.414. The van der Waals surface area contributed by atoms with Gasteiger partial charge in [0.05, 0.1) is 11.2 Å². The summed E-state index contributed by atoms with van der Waals surface area (Å²) in [4.78, 5) is 15.4. The third-order valence-corrected chi connectivity index (χ3v) is 7.77. The highest BCUT2D eigenvalue weighted by molar-refractivity contribution is 6.62. The molecule has 4 aliphatic rings. The van der Waals surface area contributed by atoms with Crippen LogP contribution in [-0.2, 0) is 14.1 Å². The molecule has 0 bridgehead atoms. The van der Waals surface area contributed by atoms with E-state index in [1.807, 2.05) is 11.0 Å². The summed E-state index contributed by atoms with van der Waals surface area (Å²) in [6, 6.07) is 6.14. The van der Waals surface area contributed by atoms with Crippen LogP contribution in [0.4, 0.5) is 5.69 Å². The van der Waals surface area contributed by atoms with Gasteiger partial charge in [0, 0.05) is 17.8 Å². The molecule has 2 heterocycles. The van der Waals surface area contributed by atoms with Crippen molar-refractivity contribution < 1.29 is 14.1 Å². The Kier molecular flexibility index (Phi) is 4.57. The molecule has 4 nitrogen and oxygen atoms in total. The minimum Gasteiger partial charge on any atom is -0.399 e. The molecule has 2 aliphatic heterocycles. The van der Waals surface area contributed by atoms with E-state index in [1.165, 1.54) is 18.4 Å². The number of carbonyl (C=O) groups excluding carboxylic acids is 1. The second-order valence-corrected chi connectivity index (χ2v) is 10.3. The fraction of sp³-hybridized carbons (Fsp3) is 0.560. The van der Waals surface area contributed by atoms with Gasteiger partial charge in [-0.15, -0.1) is 0 Å². The van der Waals surface area contributed by atoms with Crippen molar-refractivity contribution in [2.45, 2.75) is 77.9 Å². The Bertz CT molecular complexity index is 955. The zero-order valence-electron chi connectivity index (χ0n) is 18.9. The van der Waals surface area contributed by atoms with E-state index in [9.17, 15) is 4.79 Å². The van der Waals surface area contributed by atoms with Crippen molar-refractivity contribution in [1.29, 1.82) is 0 Å². The molecule has 1 aromatic rings. The molecule has 0 aromatic heterocycles. The molecule has 5 rings (SSSR count). The highest BCUT2D eigenvalue weighted by atomic mass is 16.7. The fourth-order valence-electron chi connectivity index (χ4n) is 4.94. The van der Waals surface area contributed by atoms with E-state index in [0.717, 1.165) is 54.0 Å². The van der Waals surface area contributed by atoms with Crippen molar-refractivity contribution in [3.05, 3.63) is 46.6 Å². The molecule has 1 amide bonds.